The first-order chi connectivity index (χ1) is 9.51. The van der Waals surface area contributed by atoms with Crippen LogP contribution in [0.5, 0.6) is 5.75 Å². The molecule has 1 aromatic carbocycles. The molecule has 8 nitrogen and oxygen atoms in total. The summed E-state index contributed by atoms with van der Waals surface area (Å²) in [7, 11) is 1.31. The van der Waals surface area contributed by atoms with E-state index in [9.17, 15) is 14.9 Å². The van der Waals surface area contributed by atoms with Crippen LogP contribution in [-0.2, 0) is 0 Å². The van der Waals surface area contributed by atoms with Crippen molar-refractivity contribution in [1.82, 2.24) is 0 Å². The highest BCUT2D eigenvalue weighted by molar-refractivity contribution is 5.91. The normalized spacial score (nSPS) is 10.0. The summed E-state index contributed by atoms with van der Waals surface area (Å²) in [4.78, 5) is 21.3. The fourth-order valence-corrected chi connectivity index (χ4v) is 1.55. The number of hydrogen-bond donors (Lipinski definition) is 3. The van der Waals surface area contributed by atoms with Gasteiger partial charge >= 0.3 is 5.97 Å². The van der Waals surface area contributed by atoms with E-state index in [0.717, 1.165) is 6.07 Å². The standard InChI is InChI=1S/C12H15N3O5.ClH/c1-20-10-7-8(12(16)17)6-9(15(18)19)11(10)14-5-3-2-4-13;/h2-3,6-7,14H,4-5,13H2,1H3,(H,16,17);1H. The van der Waals surface area contributed by atoms with Gasteiger partial charge in [-0.2, -0.15) is 0 Å². The van der Waals surface area contributed by atoms with Gasteiger partial charge in [0.1, 0.15) is 5.75 Å². The molecule has 21 heavy (non-hydrogen) atoms. The third kappa shape index (κ3) is 4.93. The van der Waals surface area contributed by atoms with Crippen molar-refractivity contribution in [3.63, 3.8) is 0 Å². The monoisotopic (exact) mass is 317 g/mol. The van der Waals surface area contributed by atoms with E-state index in [0.29, 0.717) is 13.1 Å². The predicted octanol–water partition coefficient (Wildman–Crippen LogP) is 1.65. The van der Waals surface area contributed by atoms with E-state index in [1.54, 1.807) is 12.2 Å². The zero-order valence-electron chi connectivity index (χ0n) is 11.2. The van der Waals surface area contributed by atoms with Gasteiger partial charge in [-0.25, -0.2) is 4.79 Å². The molecule has 0 atom stereocenters. The average molecular weight is 318 g/mol. The number of carbonyl (C=O) groups is 1. The number of aromatic carboxylic acids is 1. The minimum atomic E-state index is -1.26. The number of nitro benzene ring substituents is 1. The number of nitro groups is 1. The highest BCUT2D eigenvalue weighted by Gasteiger charge is 2.22. The summed E-state index contributed by atoms with van der Waals surface area (Å²) in [6.07, 6.45) is 3.39. The van der Waals surface area contributed by atoms with Crippen LogP contribution in [0.3, 0.4) is 0 Å². The molecule has 0 aliphatic heterocycles. The van der Waals surface area contributed by atoms with Crippen LogP contribution in [-0.4, -0.2) is 36.2 Å². The Balaban J connectivity index is 0.00000400. The smallest absolute Gasteiger partial charge is 0.336 e. The molecule has 1 rings (SSSR count). The number of carboxylic acid groups (broad SMARTS) is 1. The van der Waals surface area contributed by atoms with Crippen LogP contribution < -0.4 is 15.8 Å². The van der Waals surface area contributed by atoms with Gasteiger partial charge in [0.25, 0.3) is 5.69 Å². The molecule has 116 valence electrons. The molecule has 9 heteroatoms. The third-order valence-electron chi connectivity index (χ3n) is 2.44. The Hall–Kier alpha value is -2.32. The largest absolute Gasteiger partial charge is 0.494 e. The second-order valence-corrected chi connectivity index (χ2v) is 3.72. The van der Waals surface area contributed by atoms with E-state index in [-0.39, 0.29) is 35.1 Å². The molecule has 0 amide bonds. The number of nitrogens with zero attached hydrogens (tertiary/aromatic N) is 1. The Morgan fingerprint density at radius 1 is 1.52 bits per heavy atom. The van der Waals surface area contributed by atoms with E-state index < -0.39 is 10.9 Å². The molecule has 0 aromatic heterocycles. The molecule has 0 saturated carbocycles. The van der Waals surface area contributed by atoms with Crippen LogP contribution in [0.4, 0.5) is 11.4 Å². The van der Waals surface area contributed by atoms with Crippen LogP contribution in [0.25, 0.3) is 0 Å². The third-order valence-corrected chi connectivity index (χ3v) is 2.44. The van der Waals surface area contributed by atoms with Crippen molar-refractivity contribution in [1.29, 1.82) is 0 Å². The van der Waals surface area contributed by atoms with Crippen molar-refractivity contribution in [3.8, 4) is 5.75 Å². The van der Waals surface area contributed by atoms with Crippen LogP contribution in [0.2, 0.25) is 0 Å². The Morgan fingerprint density at radius 2 is 2.19 bits per heavy atom. The highest BCUT2D eigenvalue weighted by Crippen LogP contribution is 2.35. The van der Waals surface area contributed by atoms with Gasteiger partial charge < -0.3 is 20.9 Å². The maximum atomic E-state index is 11.0. The van der Waals surface area contributed by atoms with E-state index in [2.05, 4.69) is 5.32 Å². The number of methoxy groups -OCH3 is 1. The number of hydrogen-bond acceptors (Lipinski definition) is 6. The van der Waals surface area contributed by atoms with Crippen LogP contribution in [0, 0.1) is 10.1 Å². The SMILES string of the molecule is COc1cc(C(=O)O)cc([N+](=O)[O-])c1NCC=CCN.Cl. The van der Waals surface area contributed by atoms with Crippen molar-refractivity contribution < 1.29 is 19.6 Å². The van der Waals surface area contributed by atoms with E-state index in [4.69, 9.17) is 15.6 Å². The summed E-state index contributed by atoms with van der Waals surface area (Å²) in [5.74, 6) is -1.17. The van der Waals surface area contributed by atoms with Crippen molar-refractivity contribution >= 4 is 29.8 Å². The zero-order chi connectivity index (χ0) is 15.1. The summed E-state index contributed by atoms with van der Waals surface area (Å²) in [5.41, 5.74) is 4.84. The molecule has 0 spiro atoms. The summed E-state index contributed by atoms with van der Waals surface area (Å²) < 4.78 is 5.00. The number of nitrogens with one attached hydrogen (secondary N) is 1. The number of ether oxygens (including phenoxy) is 1. The minimum absolute atomic E-state index is 0. The van der Waals surface area contributed by atoms with Crippen LogP contribution in [0.1, 0.15) is 10.4 Å². The minimum Gasteiger partial charge on any atom is -0.494 e. The maximum absolute atomic E-state index is 11.0. The Labute approximate surface area is 127 Å². The number of benzene rings is 1. The lowest BCUT2D eigenvalue weighted by Gasteiger charge is -2.11. The number of carboxylic acids is 1. The van der Waals surface area contributed by atoms with Gasteiger partial charge in [0.05, 0.1) is 17.6 Å². The number of halogens is 1. The fourth-order valence-electron chi connectivity index (χ4n) is 1.55. The van der Waals surface area contributed by atoms with Gasteiger partial charge in [0, 0.05) is 19.2 Å². The summed E-state index contributed by atoms with van der Waals surface area (Å²) in [5, 5.41) is 22.8. The Kier molecular flexibility index (Phi) is 7.80. The number of rotatable bonds is 7. The lowest BCUT2D eigenvalue weighted by molar-refractivity contribution is -0.384. The van der Waals surface area contributed by atoms with Gasteiger partial charge in [-0.05, 0) is 6.07 Å². The number of nitrogens with two attached hydrogens (primary N) is 1. The molecular formula is C12H16ClN3O5. The van der Waals surface area contributed by atoms with Crippen LogP contribution >= 0.6 is 12.4 Å². The molecule has 0 aliphatic carbocycles. The quantitative estimate of drug-likeness (QED) is 0.396. The molecule has 0 radical (unpaired) electrons. The molecule has 0 heterocycles. The molecule has 0 fully saturated rings. The van der Waals surface area contributed by atoms with Crippen molar-refractivity contribution in [3.05, 3.63) is 40.0 Å². The van der Waals surface area contributed by atoms with Crippen molar-refractivity contribution in [2.75, 3.05) is 25.5 Å². The van der Waals surface area contributed by atoms with Crippen molar-refractivity contribution in [2.24, 2.45) is 5.73 Å². The van der Waals surface area contributed by atoms with Gasteiger partial charge in [-0.15, -0.1) is 12.4 Å². The van der Waals surface area contributed by atoms with Gasteiger partial charge in [-0.3, -0.25) is 10.1 Å². The van der Waals surface area contributed by atoms with Gasteiger partial charge in [0.15, 0.2) is 5.69 Å². The summed E-state index contributed by atoms with van der Waals surface area (Å²) in [6.45, 7) is 0.666. The zero-order valence-corrected chi connectivity index (χ0v) is 12.1. The van der Waals surface area contributed by atoms with Crippen LogP contribution in [0.15, 0.2) is 24.3 Å². The Morgan fingerprint density at radius 3 is 2.67 bits per heavy atom. The first-order valence-electron chi connectivity index (χ1n) is 5.70. The summed E-state index contributed by atoms with van der Waals surface area (Å²) >= 11 is 0. The molecule has 4 N–H and O–H groups in total. The topological polar surface area (TPSA) is 128 Å². The fraction of sp³-hybridized carbons (Fsp3) is 0.250. The van der Waals surface area contributed by atoms with Gasteiger partial charge in [-0.1, -0.05) is 12.2 Å². The van der Waals surface area contributed by atoms with E-state index in [1.807, 2.05) is 0 Å². The molecule has 0 aliphatic rings. The summed E-state index contributed by atoms with van der Waals surface area (Å²) in [6, 6.07) is 2.21. The Bertz CT molecular complexity index is 548. The molecular weight excluding hydrogens is 302 g/mol. The molecule has 0 saturated heterocycles. The predicted molar refractivity (Wildman–Crippen MR) is 80.5 cm³/mol. The lowest BCUT2D eigenvalue weighted by atomic mass is 10.1. The average Bonchev–Trinajstić information content (AvgIpc) is 2.42. The highest BCUT2D eigenvalue weighted by atomic mass is 35.5. The van der Waals surface area contributed by atoms with E-state index in [1.165, 1.54) is 13.2 Å². The first kappa shape index (κ1) is 18.7. The maximum Gasteiger partial charge on any atom is 0.336 e. The van der Waals surface area contributed by atoms with E-state index >= 15 is 0 Å². The van der Waals surface area contributed by atoms with Gasteiger partial charge in [0.2, 0.25) is 0 Å². The molecule has 0 bridgehead atoms. The van der Waals surface area contributed by atoms with Crippen molar-refractivity contribution in [2.45, 2.75) is 0 Å². The molecule has 1 aromatic rings. The number of anilines is 1. The first-order valence-corrected chi connectivity index (χ1v) is 5.70. The molecule has 0 unspecified atom stereocenters. The second kappa shape index (κ2) is 8.77. The second-order valence-electron chi connectivity index (χ2n) is 3.72. The lowest BCUT2D eigenvalue weighted by Crippen LogP contribution is -2.07.